The summed E-state index contributed by atoms with van der Waals surface area (Å²) in [6.07, 6.45) is -5.50. The van der Waals surface area contributed by atoms with E-state index in [4.69, 9.17) is 5.11 Å². The molecule has 0 aromatic heterocycles. The van der Waals surface area contributed by atoms with E-state index in [1.165, 1.54) is 12.1 Å². The summed E-state index contributed by atoms with van der Waals surface area (Å²) in [6.45, 7) is 6.85. The molecular formula is C26H32F3N3O4. The standard InChI is InChI=1S/C26H32F3N3O4/c1-25(2,3)19-9-7-18(8-10-19)22-31(4)21(13-15-30-24(34)35)23(33)32(22)16-14-17-5-11-20(12-6-17)36-26(27,28)29/h5-12,21-22,30H,13-16H2,1-4H3,(H,34,35)/t21-,22+/m0/s1. The fourth-order valence-corrected chi connectivity index (χ4v) is 4.43. The fourth-order valence-electron chi connectivity index (χ4n) is 4.43. The molecule has 0 spiro atoms. The molecule has 2 aromatic carbocycles. The zero-order valence-corrected chi connectivity index (χ0v) is 20.8. The quantitative estimate of drug-likeness (QED) is 0.530. The van der Waals surface area contributed by atoms with E-state index in [-0.39, 0.29) is 29.8 Å². The van der Waals surface area contributed by atoms with Crippen LogP contribution in [-0.4, -0.2) is 59.4 Å². The summed E-state index contributed by atoms with van der Waals surface area (Å²) in [4.78, 5) is 28.0. The van der Waals surface area contributed by atoms with Crippen LogP contribution < -0.4 is 10.1 Å². The Kier molecular flexibility index (Phi) is 8.18. The van der Waals surface area contributed by atoms with Gasteiger partial charge in [0.1, 0.15) is 11.9 Å². The van der Waals surface area contributed by atoms with Crippen LogP contribution in [0.5, 0.6) is 5.75 Å². The highest BCUT2D eigenvalue weighted by Gasteiger charge is 2.44. The summed E-state index contributed by atoms with van der Waals surface area (Å²) < 4.78 is 41.2. The summed E-state index contributed by atoms with van der Waals surface area (Å²) in [7, 11) is 1.84. The number of hydrogen-bond acceptors (Lipinski definition) is 4. The van der Waals surface area contributed by atoms with Gasteiger partial charge in [0.15, 0.2) is 0 Å². The van der Waals surface area contributed by atoms with Crippen molar-refractivity contribution in [3.05, 3.63) is 65.2 Å². The highest BCUT2D eigenvalue weighted by molar-refractivity contribution is 5.84. The summed E-state index contributed by atoms with van der Waals surface area (Å²) in [6, 6.07) is 13.2. The third-order valence-corrected chi connectivity index (χ3v) is 6.31. The maximum atomic E-state index is 13.4. The van der Waals surface area contributed by atoms with Crippen LogP contribution in [0.2, 0.25) is 0 Å². The van der Waals surface area contributed by atoms with Crippen molar-refractivity contribution in [3.63, 3.8) is 0 Å². The summed E-state index contributed by atoms with van der Waals surface area (Å²) >= 11 is 0. The predicted octanol–water partition coefficient (Wildman–Crippen LogP) is 4.92. The second-order valence-electron chi connectivity index (χ2n) is 9.92. The molecule has 0 bridgehead atoms. The van der Waals surface area contributed by atoms with Gasteiger partial charge >= 0.3 is 12.5 Å². The van der Waals surface area contributed by atoms with Crippen LogP contribution in [0, 0.1) is 0 Å². The average Bonchev–Trinajstić information content (AvgIpc) is 3.01. The van der Waals surface area contributed by atoms with Gasteiger partial charge in [-0.05, 0) is 54.1 Å². The van der Waals surface area contributed by atoms with Gasteiger partial charge in [-0.3, -0.25) is 9.69 Å². The molecule has 7 nitrogen and oxygen atoms in total. The number of likely N-dealkylation sites (N-methyl/N-ethyl adjacent to an activating group) is 1. The van der Waals surface area contributed by atoms with Gasteiger partial charge in [-0.2, -0.15) is 0 Å². The predicted molar refractivity (Wildman–Crippen MR) is 129 cm³/mol. The minimum atomic E-state index is -4.76. The van der Waals surface area contributed by atoms with Gasteiger partial charge in [0.05, 0.1) is 6.04 Å². The van der Waals surface area contributed by atoms with Gasteiger partial charge < -0.3 is 20.1 Å². The number of halogens is 3. The van der Waals surface area contributed by atoms with Gasteiger partial charge in [-0.25, -0.2) is 4.79 Å². The van der Waals surface area contributed by atoms with Crippen molar-refractivity contribution < 1.29 is 32.6 Å². The molecule has 0 aliphatic carbocycles. The van der Waals surface area contributed by atoms with E-state index in [2.05, 4.69) is 30.8 Å². The lowest BCUT2D eigenvalue weighted by Crippen LogP contribution is -2.35. The average molecular weight is 508 g/mol. The molecule has 0 saturated carbocycles. The highest BCUT2D eigenvalue weighted by atomic mass is 19.4. The monoisotopic (exact) mass is 507 g/mol. The Labute approximate surface area is 208 Å². The Morgan fingerprint density at radius 3 is 2.19 bits per heavy atom. The second-order valence-corrected chi connectivity index (χ2v) is 9.92. The van der Waals surface area contributed by atoms with Gasteiger partial charge in [0.2, 0.25) is 5.91 Å². The minimum Gasteiger partial charge on any atom is -0.465 e. The van der Waals surface area contributed by atoms with Crippen molar-refractivity contribution in [3.8, 4) is 5.75 Å². The zero-order valence-electron chi connectivity index (χ0n) is 20.8. The normalized spacial score (nSPS) is 19.0. The zero-order chi connectivity index (χ0) is 26.7. The topological polar surface area (TPSA) is 82.1 Å². The van der Waals surface area contributed by atoms with Crippen molar-refractivity contribution in [2.75, 3.05) is 20.1 Å². The minimum absolute atomic E-state index is 0.0252. The van der Waals surface area contributed by atoms with Gasteiger partial charge in [-0.15, -0.1) is 13.2 Å². The number of alkyl halides is 3. The van der Waals surface area contributed by atoms with E-state index in [1.807, 2.05) is 36.2 Å². The Balaban J connectivity index is 1.80. The third-order valence-electron chi connectivity index (χ3n) is 6.31. The van der Waals surface area contributed by atoms with E-state index < -0.39 is 18.5 Å². The molecule has 1 saturated heterocycles. The highest BCUT2D eigenvalue weighted by Crippen LogP contribution is 2.35. The lowest BCUT2D eigenvalue weighted by molar-refractivity contribution is -0.274. The van der Waals surface area contributed by atoms with Crippen molar-refractivity contribution >= 4 is 12.0 Å². The number of nitrogens with zero attached hydrogens (tertiary/aromatic N) is 2. The van der Waals surface area contributed by atoms with Gasteiger partial charge in [-0.1, -0.05) is 57.2 Å². The number of nitrogens with one attached hydrogen (secondary N) is 1. The van der Waals surface area contributed by atoms with Crippen molar-refractivity contribution in [2.45, 2.75) is 57.6 Å². The first-order valence-electron chi connectivity index (χ1n) is 11.7. The Morgan fingerprint density at radius 2 is 1.67 bits per heavy atom. The van der Waals surface area contributed by atoms with E-state index in [0.29, 0.717) is 19.4 Å². The molecule has 1 aliphatic rings. The Morgan fingerprint density at radius 1 is 1.06 bits per heavy atom. The number of benzene rings is 2. The van der Waals surface area contributed by atoms with Crippen molar-refractivity contribution in [2.24, 2.45) is 0 Å². The number of carbonyl (C=O) groups excluding carboxylic acids is 1. The number of rotatable bonds is 8. The molecule has 196 valence electrons. The molecule has 0 radical (unpaired) electrons. The molecule has 2 aromatic rings. The van der Waals surface area contributed by atoms with E-state index in [0.717, 1.165) is 16.7 Å². The van der Waals surface area contributed by atoms with Gasteiger partial charge in [0.25, 0.3) is 0 Å². The van der Waals surface area contributed by atoms with Crippen LogP contribution >= 0.6 is 0 Å². The van der Waals surface area contributed by atoms with Crippen LogP contribution in [-0.2, 0) is 16.6 Å². The van der Waals surface area contributed by atoms with Crippen LogP contribution in [0.4, 0.5) is 18.0 Å². The van der Waals surface area contributed by atoms with Crippen molar-refractivity contribution in [1.82, 2.24) is 15.1 Å². The molecule has 0 unspecified atom stereocenters. The Hall–Kier alpha value is -3.27. The molecule has 2 amide bonds. The fraction of sp³-hybridized carbons (Fsp3) is 0.462. The lowest BCUT2D eigenvalue weighted by Gasteiger charge is -2.30. The Bertz CT molecular complexity index is 1050. The maximum absolute atomic E-state index is 13.4. The van der Waals surface area contributed by atoms with Crippen LogP contribution in [0.3, 0.4) is 0 Å². The summed E-state index contributed by atoms with van der Waals surface area (Å²) in [5.74, 6) is -0.419. The molecule has 10 heteroatoms. The number of carboxylic acid groups (broad SMARTS) is 1. The molecule has 2 atom stereocenters. The largest absolute Gasteiger partial charge is 0.573 e. The first-order valence-corrected chi connectivity index (χ1v) is 11.7. The van der Waals surface area contributed by atoms with Crippen LogP contribution in [0.15, 0.2) is 48.5 Å². The summed E-state index contributed by atoms with van der Waals surface area (Å²) in [5.41, 5.74) is 2.83. The van der Waals surface area contributed by atoms with Gasteiger partial charge in [0, 0.05) is 13.1 Å². The molecule has 36 heavy (non-hydrogen) atoms. The molecule has 1 heterocycles. The first kappa shape index (κ1) is 27.3. The summed E-state index contributed by atoms with van der Waals surface area (Å²) in [5, 5.41) is 11.2. The number of carbonyl (C=O) groups is 2. The van der Waals surface area contributed by atoms with Crippen molar-refractivity contribution in [1.29, 1.82) is 0 Å². The smallest absolute Gasteiger partial charge is 0.465 e. The maximum Gasteiger partial charge on any atom is 0.573 e. The molecular weight excluding hydrogens is 475 g/mol. The number of ether oxygens (including phenoxy) is 1. The first-order chi connectivity index (χ1) is 16.8. The number of hydrogen-bond donors (Lipinski definition) is 2. The van der Waals surface area contributed by atoms with E-state index in [9.17, 15) is 22.8 Å². The second kappa shape index (κ2) is 10.8. The molecule has 3 rings (SSSR count). The SMILES string of the molecule is CN1[C@@H](CCNC(=O)O)C(=O)N(CCc2ccc(OC(F)(F)F)cc2)[C@@H]1c1ccc(C(C)(C)C)cc1. The third kappa shape index (κ3) is 6.90. The van der Waals surface area contributed by atoms with Crippen LogP contribution in [0.1, 0.15) is 50.0 Å². The lowest BCUT2D eigenvalue weighted by atomic mass is 9.86. The van der Waals surface area contributed by atoms with E-state index in [1.54, 1.807) is 17.0 Å². The van der Waals surface area contributed by atoms with Crippen LogP contribution in [0.25, 0.3) is 0 Å². The molecule has 1 aliphatic heterocycles. The van der Waals surface area contributed by atoms with E-state index >= 15 is 0 Å². The number of amides is 2. The molecule has 1 fully saturated rings. The molecule has 2 N–H and O–H groups in total.